The van der Waals surface area contributed by atoms with Crippen LogP contribution in [0.3, 0.4) is 0 Å². The summed E-state index contributed by atoms with van der Waals surface area (Å²) in [5.41, 5.74) is 0.600. The Morgan fingerprint density at radius 3 is 3.08 bits per heavy atom. The molecule has 13 heavy (non-hydrogen) atoms. The average molecular weight is 180 g/mol. The molecule has 0 radical (unpaired) electrons. The lowest BCUT2D eigenvalue weighted by atomic mass is 9.65. The maximum atomic E-state index is 11.4. The summed E-state index contributed by atoms with van der Waals surface area (Å²) in [6.45, 7) is 2.28. The van der Waals surface area contributed by atoms with Crippen LogP contribution in [0.4, 0.5) is 0 Å². The molecule has 2 rings (SSSR count). The molecule has 2 aliphatic rings. The van der Waals surface area contributed by atoms with Crippen LogP contribution < -0.4 is 0 Å². The van der Waals surface area contributed by atoms with Crippen molar-refractivity contribution in [3.05, 3.63) is 0 Å². The molecule has 0 amide bonds. The molecule has 0 saturated heterocycles. The van der Waals surface area contributed by atoms with Crippen molar-refractivity contribution < 1.29 is 4.79 Å². The van der Waals surface area contributed by atoms with E-state index in [9.17, 15) is 4.79 Å². The highest BCUT2D eigenvalue weighted by Gasteiger charge is 2.45. The van der Waals surface area contributed by atoms with Gasteiger partial charge in [-0.05, 0) is 37.0 Å². The third kappa shape index (κ3) is 1.53. The first kappa shape index (κ1) is 9.23. The topological polar surface area (TPSA) is 17.1 Å². The molecule has 1 heteroatoms. The number of ketones is 1. The van der Waals surface area contributed by atoms with Gasteiger partial charge >= 0.3 is 0 Å². The molecular weight excluding hydrogens is 160 g/mol. The third-order valence-electron chi connectivity index (χ3n) is 4.22. The molecule has 0 aromatic rings. The fourth-order valence-electron chi connectivity index (χ4n) is 3.58. The maximum absolute atomic E-state index is 11.4. The van der Waals surface area contributed by atoms with Gasteiger partial charge in [-0.2, -0.15) is 0 Å². The molecule has 2 aliphatic carbocycles. The van der Waals surface area contributed by atoms with Gasteiger partial charge in [-0.3, -0.25) is 4.79 Å². The van der Waals surface area contributed by atoms with Gasteiger partial charge in [0.05, 0.1) is 0 Å². The highest BCUT2D eigenvalue weighted by Crippen LogP contribution is 2.53. The van der Waals surface area contributed by atoms with Gasteiger partial charge in [0.2, 0.25) is 0 Å². The van der Waals surface area contributed by atoms with Gasteiger partial charge in [0.1, 0.15) is 5.78 Å². The van der Waals surface area contributed by atoms with Crippen molar-refractivity contribution >= 4 is 5.78 Å². The number of hydrogen-bond acceptors (Lipinski definition) is 1. The summed E-state index contributed by atoms with van der Waals surface area (Å²) in [6.07, 6.45) is 9.74. The normalized spacial score (nSPS) is 39.2. The number of carbonyl (C=O) groups excluding carboxylic acids is 1. The summed E-state index contributed by atoms with van der Waals surface area (Å²) in [7, 11) is 0. The Kier molecular flexibility index (Phi) is 2.44. The van der Waals surface area contributed by atoms with Gasteiger partial charge in [-0.1, -0.05) is 19.8 Å². The van der Waals surface area contributed by atoms with Gasteiger partial charge in [0.25, 0.3) is 0 Å². The van der Waals surface area contributed by atoms with Gasteiger partial charge < -0.3 is 0 Å². The van der Waals surface area contributed by atoms with Crippen LogP contribution in [0.25, 0.3) is 0 Å². The number of rotatable bonds is 2. The third-order valence-corrected chi connectivity index (χ3v) is 4.22. The van der Waals surface area contributed by atoms with E-state index in [1.807, 2.05) is 0 Å². The Morgan fingerprint density at radius 2 is 2.31 bits per heavy atom. The summed E-state index contributed by atoms with van der Waals surface area (Å²) in [5, 5.41) is 0. The predicted octanol–water partition coefficient (Wildman–Crippen LogP) is 3.33. The van der Waals surface area contributed by atoms with Crippen molar-refractivity contribution in [1.82, 2.24) is 0 Å². The molecule has 0 aliphatic heterocycles. The highest BCUT2D eigenvalue weighted by molar-refractivity contribution is 5.79. The maximum Gasteiger partial charge on any atom is 0.133 e. The zero-order valence-electron chi connectivity index (χ0n) is 8.64. The Labute approximate surface area is 80.9 Å². The fraction of sp³-hybridized carbons (Fsp3) is 0.917. The van der Waals surface area contributed by atoms with Crippen molar-refractivity contribution in [3.8, 4) is 0 Å². The lowest BCUT2D eigenvalue weighted by Gasteiger charge is -2.39. The van der Waals surface area contributed by atoms with Crippen LogP contribution in [0.2, 0.25) is 0 Å². The van der Waals surface area contributed by atoms with Crippen molar-refractivity contribution in [2.45, 2.75) is 58.3 Å². The number of fused-ring (bicyclic) bond motifs is 1. The van der Waals surface area contributed by atoms with E-state index in [-0.39, 0.29) is 0 Å². The van der Waals surface area contributed by atoms with E-state index in [0.717, 1.165) is 18.8 Å². The fourth-order valence-corrected chi connectivity index (χ4v) is 3.58. The van der Waals surface area contributed by atoms with Crippen LogP contribution in [0.15, 0.2) is 0 Å². The van der Waals surface area contributed by atoms with Crippen molar-refractivity contribution in [3.63, 3.8) is 0 Å². The molecule has 0 bridgehead atoms. The summed E-state index contributed by atoms with van der Waals surface area (Å²) in [5.74, 6) is 1.28. The number of Topliss-reactive ketones (excluding diaryl/α,β-unsaturated/α-hetero) is 1. The zero-order chi connectivity index (χ0) is 9.31. The van der Waals surface area contributed by atoms with Crippen LogP contribution in [-0.4, -0.2) is 5.78 Å². The average Bonchev–Trinajstić information content (AvgIpc) is 2.49. The minimum atomic E-state index is 0.527. The lowest BCUT2D eigenvalue weighted by molar-refractivity contribution is -0.124. The van der Waals surface area contributed by atoms with Crippen molar-refractivity contribution in [2.75, 3.05) is 0 Å². The molecule has 0 aromatic carbocycles. The largest absolute Gasteiger partial charge is 0.300 e. The van der Waals surface area contributed by atoms with Crippen LogP contribution in [0.5, 0.6) is 0 Å². The smallest absolute Gasteiger partial charge is 0.133 e. The molecule has 0 spiro atoms. The highest BCUT2D eigenvalue weighted by atomic mass is 16.1. The first-order valence-electron chi connectivity index (χ1n) is 5.78. The Morgan fingerprint density at radius 1 is 1.46 bits per heavy atom. The van der Waals surface area contributed by atoms with E-state index in [2.05, 4.69) is 6.92 Å². The molecule has 2 unspecified atom stereocenters. The minimum Gasteiger partial charge on any atom is -0.300 e. The monoisotopic (exact) mass is 180 g/mol. The molecule has 2 atom stereocenters. The second kappa shape index (κ2) is 3.43. The number of carbonyl (C=O) groups is 1. The van der Waals surface area contributed by atoms with Gasteiger partial charge in [0, 0.05) is 12.8 Å². The van der Waals surface area contributed by atoms with E-state index in [4.69, 9.17) is 0 Å². The van der Waals surface area contributed by atoms with E-state index < -0.39 is 0 Å². The van der Waals surface area contributed by atoms with E-state index in [0.29, 0.717) is 11.2 Å². The quantitative estimate of drug-likeness (QED) is 0.637. The Balaban J connectivity index is 2.10. The SMILES string of the molecule is CCCC12CCCC1CC(=O)CC2. The second-order valence-corrected chi connectivity index (χ2v) is 4.94. The molecule has 0 N–H and O–H groups in total. The second-order valence-electron chi connectivity index (χ2n) is 4.94. The van der Waals surface area contributed by atoms with Crippen LogP contribution in [0.1, 0.15) is 58.3 Å². The van der Waals surface area contributed by atoms with Crippen LogP contribution in [0, 0.1) is 11.3 Å². The predicted molar refractivity (Wildman–Crippen MR) is 53.5 cm³/mol. The van der Waals surface area contributed by atoms with E-state index >= 15 is 0 Å². The van der Waals surface area contributed by atoms with Crippen LogP contribution in [-0.2, 0) is 4.79 Å². The standard InChI is InChI=1S/C12H20O/c1-2-6-12-7-3-4-10(12)9-11(13)5-8-12/h10H,2-9H2,1H3. The summed E-state index contributed by atoms with van der Waals surface area (Å²) < 4.78 is 0. The van der Waals surface area contributed by atoms with E-state index in [1.54, 1.807) is 0 Å². The summed E-state index contributed by atoms with van der Waals surface area (Å²) >= 11 is 0. The van der Waals surface area contributed by atoms with E-state index in [1.165, 1.54) is 38.5 Å². The molecular formula is C12H20O. The van der Waals surface area contributed by atoms with Gasteiger partial charge in [-0.25, -0.2) is 0 Å². The first-order valence-corrected chi connectivity index (χ1v) is 5.78. The van der Waals surface area contributed by atoms with Gasteiger partial charge in [-0.15, -0.1) is 0 Å². The zero-order valence-corrected chi connectivity index (χ0v) is 8.64. The first-order chi connectivity index (χ1) is 6.27. The summed E-state index contributed by atoms with van der Waals surface area (Å²) in [6, 6.07) is 0. The Hall–Kier alpha value is -0.330. The molecule has 0 heterocycles. The van der Waals surface area contributed by atoms with Crippen molar-refractivity contribution in [1.29, 1.82) is 0 Å². The molecule has 2 fully saturated rings. The molecule has 2 saturated carbocycles. The summed E-state index contributed by atoms with van der Waals surface area (Å²) in [4.78, 5) is 11.4. The van der Waals surface area contributed by atoms with Crippen molar-refractivity contribution in [2.24, 2.45) is 11.3 Å². The number of hydrogen-bond donors (Lipinski definition) is 0. The Bertz CT molecular complexity index is 209. The lowest BCUT2D eigenvalue weighted by Crippen LogP contribution is -2.32. The minimum absolute atomic E-state index is 0.527. The van der Waals surface area contributed by atoms with Crippen LogP contribution >= 0.6 is 0 Å². The molecule has 1 nitrogen and oxygen atoms in total. The molecule has 74 valence electrons. The van der Waals surface area contributed by atoms with Gasteiger partial charge in [0.15, 0.2) is 0 Å². The molecule has 0 aromatic heterocycles.